The van der Waals surface area contributed by atoms with E-state index in [0.29, 0.717) is 5.52 Å². The fourth-order valence-electron chi connectivity index (χ4n) is 2.15. The van der Waals surface area contributed by atoms with E-state index in [0.717, 1.165) is 6.20 Å². The molecule has 2 aromatic heterocycles. The van der Waals surface area contributed by atoms with Crippen LogP contribution in [0.25, 0.3) is 16.9 Å². The van der Waals surface area contributed by atoms with Gasteiger partial charge >= 0.3 is 6.18 Å². The summed E-state index contributed by atoms with van der Waals surface area (Å²) in [6.07, 6.45) is -1.04. The van der Waals surface area contributed by atoms with Crippen molar-refractivity contribution in [2.24, 2.45) is 0 Å². The average molecular weight is 326 g/mol. The van der Waals surface area contributed by atoms with Gasteiger partial charge in [0.05, 0.1) is 16.1 Å². The molecule has 8 heteroatoms. The van der Waals surface area contributed by atoms with Gasteiger partial charge in [-0.1, -0.05) is 17.7 Å². The van der Waals surface area contributed by atoms with Gasteiger partial charge in [-0.2, -0.15) is 13.2 Å². The van der Waals surface area contributed by atoms with E-state index < -0.39 is 17.5 Å². The maximum Gasteiger partial charge on any atom is 0.454 e. The molecule has 0 bridgehead atoms. The number of alkyl halides is 3. The average Bonchev–Trinajstić information content (AvgIpc) is 2.87. The normalized spacial score (nSPS) is 11.8. The zero-order valence-electron chi connectivity index (χ0n) is 10.8. The molecular formula is C14H7ClF3N3O. The third-order valence-electron chi connectivity index (χ3n) is 3.05. The van der Waals surface area contributed by atoms with Crippen molar-refractivity contribution in [3.8, 4) is 5.95 Å². The minimum Gasteiger partial charge on any atom is -0.285 e. The van der Waals surface area contributed by atoms with Crippen LogP contribution in [-0.4, -0.2) is 26.5 Å². The molecule has 112 valence electrons. The summed E-state index contributed by atoms with van der Waals surface area (Å²) in [5.74, 6) is -1.81. The molecule has 3 aromatic rings. The number of hydrogen-bond donors (Lipinski definition) is 0. The van der Waals surface area contributed by atoms with Gasteiger partial charge in [0.15, 0.2) is 0 Å². The van der Waals surface area contributed by atoms with Gasteiger partial charge in [0.2, 0.25) is 5.95 Å². The Hall–Kier alpha value is -2.41. The van der Waals surface area contributed by atoms with Crippen LogP contribution in [0.15, 0.2) is 42.9 Å². The fourth-order valence-corrected chi connectivity index (χ4v) is 2.42. The van der Waals surface area contributed by atoms with Gasteiger partial charge < -0.3 is 0 Å². The standard InChI is InChI=1S/C14H7ClF3N3O/c15-9-3-1-4-10-11(9)8(12(22)14(16,17)18)7-21(10)13-19-5-2-6-20-13/h1-7H. The van der Waals surface area contributed by atoms with Crippen molar-refractivity contribution in [3.05, 3.63) is 53.4 Å². The van der Waals surface area contributed by atoms with Crippen LogP contribution in [0.4, 0.5) is 13.2 Å². The predicted octanol–water partition coefficient (Wildman–Crippen LogP) is 3.82. The number of hydrogen-bond acceptors (Lipinski definition) is 3. The summed E-state index contributed by atoms with van der Waals surface area (Å²) in [6, 6.07) is 6.12. The monoisotopic (exact) mass is 325 g/mol. The molecule has 2 heterocycles. The molecule has 0 aliphatic heterocycles. The van der Waals surface area contributed by atoms with E-state index in [9.17, 15) is 18.0 Å². The van der Waals surface area contributed by atoms with Crippen LogP contribution in [0.1, 0.15) is 10.4 Å². The van der Waals surface area contributed by atoms with Gasteiger partial charge in [-0.15, -0.1) is 0 Å². The van der Waals surface area contributed by atoms with E-state index in [-0.39, 0.29) is 16.4 Å². The summed E-state index contributed by atoms with van der Waals surface area (Å²) in [5, 5.41) is 0.0822. The first kappa shape index (κ1) is 14.5. The number of fused-ring (bicyclic) bond motifs is 1. The second kappa shape index (κ2) is 5.10. The lowest BCUT2D eigenvalue weighted by atomic mass is 10.1. The summed E-state index contributed by atoms with van der Waals surface area (Å²) in [7, 11) is 0. The number of benzene rings is 1. The molecule has 4 nitrogen and oxygen atoms in total. The van der Waals surface area contributed by atoms with Crippen LogP contribution >= 0.6 is 11.6 Å². The highest BCUT2D eigenvalue weighted by Gasteiger charge is 2.41. The summed E-state index contributed by atoms with van der Waals surface area (Å²) in [5.41, 5.74) is -0.202. The van der Waals surface area contributed by atoms with Gasteiger partial charge in [-0.05, 0) is 18.2 Å². The van der Waals surface area contributed by atoms with Crippen LogP contribution in [0.2, 0.25) is 5.02 Å². The van der Waals surface area contributed by atoms with Gasteiger partial charge in [0.25, 0.3) is 5.78 Å². The van der Waals surface area contributed by atoms with Crippen LogP contribution in [0.5, 0.6) is 0 Å². The maximum absolute atomic E-state index is 12.8. The van der Waals surface area contributed by atoms with E-state index in [1.165, 1.54) is 23.0 Å². The molecule has 0 aliphatic rings. The summed E-state index contributed by atoms with van der Waals surface area (Å²) in [6.45, 7) is 0. The minimum atomic E-state index is -4.99. The molecule has 0 amide bonds. The number of rotatable bonds is 2. The molecular weight excluding hydrogens is 319 g/mol. The van der Waals surface area contributed by atoms with Crippen molar-refractivity contribution >= 4 is 28.3 Å². The van der Waals surface area contributed by atoms with Crippen LogP contribution < -0.4 is 0 Å². The first-order valence-electron chi connectivity index (χ1n) is 6.08. The molecule has 22 heavy (non-hydrogen) atoms. The number of carbonyl (C=O) groups is 1. The number of halogens is 4. The number of Topliss-reactive ketones (excluding diaryl/α,β-unsaturated/α-hetero) is 1. The molecule has 0 spiro atoms. The molecule has 0 radical (unpaired) electrons. The Bertz CT molecular complexity index is 859. The number of carbonyl (C=O) groups excluding carboxylic acids is 1. The van der Waals surface area contributed by atoms with Gasteiger partial charge in [0, 0.05) is 24.0 Å². The second-order valence-corrected chi connectivity index (χ2v) is 4.83. The number of aromatic nitrogens is 3. The van der Waals surface area contributed by atoms with E-state index in [2.05, 4.69) is 9.97 Å². The van der Waals surface area contributed by atoms with Gasteiger partial charge in [-0.25, -0.2) is 9.97 Å². The Morgan fingerprint density at radius 3 is 2.45 bits per heavy atom. The van der Waals surface area contributed by atoms with E-state index in [1.54, 1.807) is 18.2 Å². The second-order valence-electron chi connectivity index (χ2n) is 4.42. The fraction of sp³-hybridized carbons (Fsp3) is 0.0714. The van der Waals surface area contributed by atoms with Gasteiger partial charge in [0.1, 0.15) is 0 Å². The van der Waals surface area contributed by atoms with E-state index >= 15 is 0 Å². The molecule has 0 saturated heterocycles. The highest BCUT2D eigenvalue weighted by atomic mass is 35.5. The molecule has 0 N–H and O–H groups in total. The molecule has 0 aliphatic carbocycles. The lowest BCUT2D eigenvalue weighted by Gasteiger charge is -2.04. The van der Waals surface area contributed by atoms with Crippen molar-refractivity contribution in [1.29, 1.82) is 0 Å². The zero-order valence-corrected chi connectivity index (χ0v) is 11.6. The Labute approximate surface area is 127 Å². The van der Waals surface area contributed by atoms with Crippen LogP contribution in [0, 0.1) is 0 Å². The van der Waals surface area contributed by atoms with Crippen LogP contribution in [-0.2, 0) is 0 Å². The van der Waals surface area contributed by atoms with Crippen molar-refractivity contribution in [3.63, 3.8) is 0 Å². The molecule has 0 atom stereocenters. The Kier molecular flexibility index (Phi) is 3.37. The number of nitrogens with zero attached hydrogens (tertiary/aromatic N) is 3. The maximum atomic E-state index is 12.8. The van der Waals surface area contributed by atoms with Crippen molar-refractivity contribution < 1.29 is 18.0 Å². The van der Waals surface area contributed by atoms with E-state index in [1.807, 2.05) is 0 Å². The van der Waals surface area contributed by atoms with Gasteiger partial charge in [-0.3, -0.25) is 9.36 Å². The first-order valence-corrected chi connectivity index (χ1v) is 6.46. The van der Waals surface area contributed by atoms with Crippen molar-refractivity contribution in [2.45, 2.75) is 6.18 Å². The topological polar surface area (TPSA) is 47.8 Å². The molecule has 0 saturated carbocycles. The minimum absolute atomic E-state index is 0.0268. The molecule has 0 fully saturated rings. The highest BCUT2D eigenvalue weighted by Crippen LogP contribution is 2.33. The van der Waals surface area contributed by atoms with E-state index in [4.69, 9.17) is 11.6 Å². The third kappa shape index (κ3) is 2.33. The van der Waals surface area contributed by atoms with Crippen LogP contribution in [0.3, 0.4) is 0 Å². The van der Waals surface area contributed by atoms with Crippen molar-refractivity contribution in [2.75, 3.05) is 0 Å². The lowest BCUT2D eigenvalue weighted by molar-refractivity contribution is -0.0884. The predicted molar refractivity (Wildman–Crippen MR) is 74.3 cm³/mol. The molecule has 1 aromatic carbocycles. The smallest absolute Gasteiger partial charge is 0.285 e. The Morgan fingerprint density at radius 1 is 1.14 bits per heavy atom. The summed E-state index contributed by atoms with van der Waals surface area (Å²) in [4.78, 5) is 19.6. The SMILES string of the molecule is O=C(c1cn(-c2ncccn2)c2cccc(Cl)c12)C(F)(F)F. The Morgan fingerprint density at radius 2 is 1.82 bits per heavy atom. The first-order chi connectivity index (χ1) is 10.4. The number of ketones is 1. The molecule has 3 rings (SSSR count). The lowest BCUT2D eigenvalue weighted by Crippen LogP contribution is -2.22. The quantitative estimate of drug-likeness (QED) is 0.673. The highest BCUT2D eigenvalue weighted by molar-refractivity contribution is 6.37. The largest absolute Gasteiger partial charge is 0.454 e. The zero-order chi connectivity index (χ0) is 15.9. The summed E-state index contributed by atoms with van der Waals surface area (Å²) >= 11 is 5.98. The Balaban J connectivity index is 2.33. The van der Waals surface area contributed by atoms with Crippen molar-refractivity contribution in [1.82, 2.24) is 14.5 Å². The summed E-state index contributed by atoms with van der Waals surface area (Å²) < 4.78 is 39.6. The third-order valence-corrected chi connectivity index (χ3v) is 3.36. The molecule has 0 unspecified atom stereocenters.